The summed E-state index contributed by atoms with van der Waals surface area (Å²) in [6.07, 6.45) is 10.6. The lowest BCUT2D eigenvalue weighted by molar-refractivity contribution is 0.116. The summed E-state index contributed by atoms with van der Waals surface area (Å²) < 4.78 is 0. The second-order valence-corrected chi connectivity index (χ2v) is 4.66. The molecule has 0 bridgehead atoms. The summed E-state index contributed by atoms with van der Waals surface area (Å²) in [6.45, 7) is 6.28. The summed E-state index contributed by atoms with van der Waals surface area (Å²) in [4.78, 5) is 0. The Labute approximate surface area is 87.5 Å². The number of allylic oxidation sites excluding steroid dienone is 2. The molecule has 1 aliphatic carbocycles. The molecule has 1 heteroatoms. The van der Waals surface area contributed by atoms with Gasteiger partial charge < -0.3 is 5.11 Å². The summed E-state index contributed by atoms with van der Waals surface area (Å²) in [7, 11) is 0. The molecule has 0 fully saturated rings. The molecule has 0 aromatic rings. The molecule has 0 aliphatic heterocycles. The van der Waals surface area contributed by atoms with E-state index in [1.165, 1.54) is 18.4 Å². The summed E-state index contributed by atoms with van der Waals surface area (Å²) >= 11 is 0. The van der Waals surface area contributed by atoms with Crippen molar-refractivity contribution in [3.63, 3.8) is 0 Å². The van der Waals surface area contributed by atoms with Gasteiger partial charge in [-0.2, -0.15) is 0 Å². The lowest BCUT2D eigenvalue weighted by atomic mass is 9.82. The van der Waals surface area contributed by atoms with Crippen LogP contribution in [0, 0.1) is 5.92 Å². The minimum Gasteiger partial charge on any atom is -0.382 e. The number of hydrogen-bond donors (Lipinski definition) is 1. The molecule has 0 spiro atoms. The standard InChI is InChI=1S/C13H22O/c1-4-5-12-6-8-13(14,9-7-12)10-11(2)3/h6,8,10,12,14H,4-5,7,9H2,1-3H3. The zero-order valence-electron chi connectivity index (χ0n) is 9.59. The van der Waals surface area contributed by atoms with E-state index in [2.05, 4.69) is 13.0 Å². The topological polar surface area (TPSA) is 20.2 Å². The van der Waals surface area contributed by atoms with Crippen LogP contribution in [0.5, 0.6) is 0 Å². The van der Waals surface area contributed by atoms with Crippen LogP contribution in [0.4, 0.5) is 0 Å². The fourth-order valence-electron chi connectivity index (χ4n) is 2.13. The predicted molar refractivity (Wildman–Crippen MR) is 61.2 cm³/mol. The Morgan fingerprint density at radius 1 is 1.57 bits per heavy atom. The van der Waals surface area contributed by atoms with Gasteiger partial charge >= 0.3 is 0 Å². The third-order valence-corrected chi connectivity index (χ3v) is 2.77. The molecule has 80 valence electrons. The number of aliphatic hydroxyl groups is 1. The van der Waals surface area contributed by atoms with Gasteiger partial charge in [-0.25, -0.2) is 0 Å². The molecule has 0 saturated carbocycles. The maximum atomic E-state index is 10.2. The van der Waals surface area contributed by atoms with E-state index in [1.807, 2.05) is 26.0 Å². The van der Waals surface area contributed by atoms with Crippen LogP contribution < -0.4 is 0 Å². The van der Waals surface area contributed by atoms with Crippen molar-refractivity contribution in [3.05, 3.63) is 23.8 Å². The second-order valence-electron chi connectivity index (χ2n) is 4.66. The van der Waals surface area contributed by atoms with Crippen molar-refractivity contribution in [2.24, 2.45) is 5.92 Å². The van der Waals surface area contributed by atoms with Crippen molar-refractivity contribution < 1.29 is 5.11 Å². The first-order chi connectivity index (χ1) is 6.56. The van der Waals surface area contributed by atoms with E-state index in [4.69, 9.17) is 0 Å². The van der Waals surface area contributed by atoms with Crippen molar-refractivity contribution in [1.82, 2.24) is 0 Å². The quantitative estimate of drug-likeness (QED) is 0.682. The average molecular weight is 194 g/mol. The Kier molecular flexibility index (Phi) is 3.94. The molecular weight excluding hydrogens is 172 g/mol. The van der Waals surface area contributed by atoms with Crippen LogP contribution in [0.2, 0.25) is 0 Å². The molecule has 14 heavy (non-hydrogen) atoms. The first-order valence-electron chi connectivity index (χ1n) is 5.63. The zero-order valence-corrected chi connectivity index (χ0v) is 9.59. The molecule has 1 rings (SSSR count). The predicted octanol–water partition coefficient (Wildman–Crippen LogP) is 3.45. The van der Waals surface area contributed by atoms with Crippen LogP contribution in [0.25, 0.3) is 0 Å². The molecule has 0 heterocycles. The Bertz CT molecular complexity index is 236. The van der Waals surface area contributed by atoms with E-state index in [9.17, 15) is 5.11 Å². The summed E-state index contributed by atoms with van der Waals surface area (Å²) in [5.41, 5.74) is 0.523. The molecule has 2 unspecified atom stereocenters. The third-order valence-electron chi connectivity index (χ3n) is 2.77. The Hall–Kier alpha value is -0.560. The zero-order chi connectivity index (χ0) is 10.6. The molecule has 1 nitrogen and oxygen atoms in total. The number of rotatable bonds is 3. The SMILES string of the molecule is CCCC1C=CC(O)(C=C(C)C)CC1. The van der Waals surface area contributed by atoms with E-state index in [0.717, 1.165) is 12.8 Å². The van der Waals surface area contributed by atoms with Gasteiger partial charge in [-0.05, 0) is 39.0 Å². The largest absolute Gasteiger partial charge is 0.382 e. The van der Waals surface area contributed by atoms with Crippen LogP contribution in [0.1, 0.15) is 46.5 Å². The van der Waals surface area contributed by atoms with Crippen molar-refractivity contribution in [3.8, 4) is 0 Å². The van der Waals surface area contributed by atoms with Crippen molar-refractivity contribution in [1.29, 1.82) is 0 Å². The van der Waals surface area contributed by atoms with Gasteiger partial charge in [-0.15, -0.1) is 0 Å². The first-order valence-corrected chi connectivity index (χ1v) is 5.63. The normalized spacial score (nSPS) is 31.6. The van der Waals surface area contributed by atoms with E-state index in [-0.39, 0.29) is 0 Å². The van der Waals surface area contributed by atoms with E-state index < -0.39 is 5.60 Å². The van der Waals surface area contributed by atoms with Gasteiger partial charge in [0.25, 0.3) is 0 Å². The highest BCUT2D eigenvalue weighted by atomic mass is 16.3. The lowest BCUT2D eigenvalue weighted by Crippen LogP contribution is -2.27. The number of hydrogen-bond acceptors (Lipinski definition) is 1. The minimum atomic E-state index is -0.664. The summed E-state index contributed by atoms with van der Waals surface area (Å²) in [5, 5.41) is 10.2. The van der Waals surface area contributed by atoms with Gasteiger partial charge in [0, 0.05) is 0 Å². The molecule has 2 atom stereocenters. The Balaban J connectivity index is 2.62. The van der Waals surface area contributed by atoms with Crippen LogP contribution in [-0.4, -0.2) is 10.7 Å². The van der Waals surface area contributed by atoms with Gasteiger partial charge in [-0.3, -0.25) is 0 Å². The maximum Gasteiger partial charge on any atom is 0.101 e. The third kappa shape index (κ3) is 3.30. The minimum absolute atomic E-state index is 0.664. The lowest BCUT2D eigenvalue weighted by Gasteiger charge is -2.28. The highest BCUT2D eigenvalue weighted by Gasteiger charge is 2.25. The van der Waals surface area contributed by atoms with Crippen LogP contribution in [0.3, 0.4) is 0 Å². The van der Waals surface area contributed by atoms with E-state index in [0.29, 0.717) is 5.92 Å². The second kappa shape index (κ2) is 4.79. The van der Waals surface area contributed by atoms with E-state index in [1.54, 1.807) is 0 Å². The van der Waals surface area contributed by atoms with Gasteiger partial charge in [0.15, 0.2) is 0 Å². The summed E-state index contributed by atoms with van der Waals surface area (Å²) in [5.74, 6) is 0.686. The fourth-order valence-corrected chi connectivity index (χ4v) is 2.13. The molecule has 0 radical (unpaired) electrons. The van der Waals surface area contributed by atoms with Crippen LogP contribution in [0.15, 0.2) is 23.8 Å². The van der Waals surface area contributed by atoms with Crippen molar-refractivity contribution in [2.45, 2.75) is 52.1 Å². The molecule has 0 aromatic carbocycles. The summed E-state index contributed by atoms with van der Waals surface area (Å²) in [6, 6.07) is 0. The first kappa shape index (κ1) is 11.5. The van der Waals surface area contributed by atoms with Crippen LogP contribution >= 0.6 is 0 Å². The Morgan fingerprint density at radius 3 is 2.71 bits per heavy atom. The smallest absolute Gasteiger partial charge is 0.101 e. The van der Waals surface area contributed by atoms with Crippen LogP contribution in [-0.2, 0) is 0 Å². The highest BCUT2D eigenvalue weighted by molar-refractivity contribution is 5.19. The van der Waals surface area contributed by atoms with Crippen molar-refractivity contribution in [2.75, 3.05) is 0 Å². The molecule has 1 aliphatic rings. The molecule has 1 N–H and O–H groups in total. The molecule has 0 amide bonds. The monoisotopic (exact) mass is 194 g/mol. The van der Waals surface area contributed by atoms with Gasteiger partial charge in [0.1, 0.15) is 5.60 Å². The van der Waals surface area contributed by atoms with Gasteiger partial charge in [0.2, 0.25) is 0 Å². The maximum absolute atomic E-state index is 10.2. The molecular formula is C13H22O. The molecule has 0 saturated heterocycles. The fraction of sp³-hybridized carbons (Fsp3) is 0.692. The van der Waals surface area contributed by atoms with Gasteiger partial charge in [0.05, 0.1) is 0 Å². The van der Waals surface area contributed by atoms with Gasteiger partial charge in [-0.1, -0.05) is 37.1 Å². The highest BCUT2D eigenvalue weighted by Crippen LogP contribution is 2.29. The Morgan fingerprint density at radius 2 is 2.29 bits per heavy atom. The van der Waals surface area contributed by atoms with E-state index >= 15 is 0 Å². The average Bonchev–Trinajstić information content (AvgIpc) is 2.08. The van der Waals surface area contributed by atoms with Crippen molar-refractivity contribution >= 4 is 0 Å². The molecule has 0 aromatic heterocycles.